The molecule has 1 fully saturated rings. The number of hydroxylamine groups is 2. The molecule has 3 rings (SSSR count). The number of ether oxygens (including phenoxy) is 1. The number of urea groups is 1. The molecule has 3 amide bonds. The number of esters is 1. The third-order valence-corrected chi connectivity index (χ3v) is 4.00. The maximum atomic E-state index is 12.8. The van der Waals surface area contributed by atoms with E-state index in [9.17, 15) is 14.4 Å². The third kappa shape index (κ3) is 4.24. The Morgan fingerprint density at radius 1 is 1.07 bits per heavy atom. The standard InChI is InChI=1S/C19H19N3O5/c1-26-17(24)13-27-22-16(23)12-21(18(22)14-8-4-2-5-9-14)19(25)20-15-10-6-3-7-11-15/h2-11,18H,12-13H2,1H3,(H,20,25)/t18-/m1/s1. The minimum absolute atomic E-state index is 0.181. The molecule has 2 aromatic carbocycles. The van der Waals surface area contributed by atoms with E-state index in [2.05, 4.69) is 10.1 Å². The normalized spacial score (nSPS) is 16.3. The van der Waals surface area contributed by atoms with Gasteiger partial charge in [-0.2, -0.15) is 5.06 Å². The Hall–Kier alpha value is -3.39. The number of anilines is 1. The number of rotatable bonds is 5. The van der Waals surface area contributed by atoms with E-state index < -0.39 is 30.7 Å². The van der Waals surface area contributed by atoms with Crippen LogP contribution in [0.25, 0.3) is 0 Å². The number of carbonyl (C=O) groups is 3. The van der Waals surface area contributed by atoms with Crippen LogP contribution >= 0.6 is 0 Å². The molecule has 0 unspecified atom stereocenters. The molecule has 1 aliphatic rings. The molecule has 1 atom stereocenters. The zero-order chi connectivity index (χ0) is 19.2. The molecule has 0 saturated carbocycles. The zero-order valence-electron chi connectivity index (χ0n) is 14.7. The van der Waals surface area contributed by atoms with Crippen LogP contribution in [0.15, 0.2) is 60.7 Å². The van der Waals surface area contributed by atoms with Crippen LogP contribution in [0.3, 0.4) is 0 Å². The number of amides is 3. The van der Waals surface area contributed by atoms with Gasteiger partial charge in [-0.1, -0.05) is 48.5 Å². The van der Waals surface area contributed by atoms with Gasteiger partial charge >= 0.3 is 12.0 Å². The molecule has 2 aromatic rings. The first-order valence-corrected chi connectivity index (χ1v) is 8.29. The maximum Gasteiger partial charge on any atom is 0.334 e. The van der Waals surface area contributed by atoms with Crippen molar-refractivity contribution < 1.29 is 24.0 Å². The Labute approximate surface area is 156 Å². The summed E-state index contributed by atoms with van der Waals surface area (Å²) in [7, 11) is 1.23. The van der Waals surface area contributed by atoms with E-state index in [1.165, 1.54) is 12.0 Å². The first-order valence-electron chi connectivity index (χ1n) is 8.29. The van der Waals surface area contributed by atoms with Crippen molar-refractivity contribution in [2.24, 2.45) is 0 Å². The Morgan fingerprint density at radius 3 is 2.33 bits per heavy atom. The van der Waals surface area contributed by atoms with E-state index in [4.69, 9.17) is 4.84 Å². The zero-order valence-corrected chi connectivity index (χ0v) is 14.7. The van der Waals surface area contributed by atoms with Crippen molar-refractivity contribution in [3.05, 3.63) is 66.2 Å². The van der Waals surface area contributed by atoms with E-state index in [0.717, 1.165) is 5.06 Å². The second kappa shape index (κ2) is 8.33. The van der Waals surface area contributed by atoms with Gasteiger partial charge in [-0.15, -0.1) is 0 Å². The van der Waals surface area contributed by atoms with Crippen LogP contribution in [-0.4, -0.2) is 48.1 Å². The third-order valence-electron chi connectivity index (χ3n) is 4.00. The summed E-state index contributed by atoms with van der Waals surface area (Å²) >= 11 is 0. The second-order valence-electron chi connectivity index (χ2n) is 5.78. The lowest BCUT2D eigenvalue weighted by Crippen LogP contribution is -2.38. The van der Waals surface area contributed by atoms with Gasteiger partial charge in [-0.3, -0.25) is 14.5 Å². The van der Waals surface area contributed by atoms with Crippen molar-refractivity contribution in [3.63, 3.8) is 0 Å². The van der Waals surface area contributed by atoms with E-state index >= 15 is 0 Å². The number of benzene rings is 2. The lowest BCUT2D eigenvalue weighted by Gasteiger charge is -2.29. The molecule has 27 heavy (non-hydrogen) atoms. The highest BCUT2D eigenvalue weighted by Gasteiger charge is 2.43. The van der Waals surface area contributed by atoms with Gasteiger partial charge in [0.1, 0.15) is 6.54 Å². The quantitative estimate of drug-likeness (QED) is 0.816. The molecule has 1 N–H and O–H groups in total. The molecule has 8 heteroatoms. The molecule has 8 nitrogen and oxygen atoms in total. The van der Waals surface area contributed by atoms with Gasteiger partial charge in [0, 0.05) is 5.69 Å². The number of hydrogen-bond acceptors (Lipinski definition) is 5. The summed E-state index contributed by atoms with van der Waals surface area (Å²) in [6, 6.07) is 17.5. The fraction of sp³-hybridized carbons (Fsp3) is 0.211. The average Bonchev–Trinajstić information content (AvgIpc) is 3.04. The summed E-state index contributed by atoms with van der Waals surface area (Å²) in [6.07, 6.45) is -0.799. The van der Waals surface area contributed by atoms with Crippen LogP contribution in [0.5, 0.6) is 0 Å². The van der Waals surface area contributed by atoms with Gasteiger partial charge in [0.2, 0.25) is 0 Å². The van der Waals surface area contributed by atoms with Crippen LogP contribution < -0.4 is 5.32 Å². The summed E-state index contributed by atoms with van der Waals surface area (Å²) in [5.41, 5.74) is 1.28. The highest BCUT2D eigenvalue weighted by atomic mass is 16.7. The SMILES string of the molecule is COC(=O)CON1C(=O)CN(C(=O)Nc2ccccc2)[C@H]1c1ccccc1. The molecular formula is C19H19N3O5. The van der Waals surface area contributed by atoms with Crippen LogP contribution in [0, 0.1) is 0 Å². The fourth-order valence-corrected chi connectivity index (χ4v) is 2.73. The molecule has 1 heterocycles. The van der Waals surface area contributed by atoms with Gasteiger partial charge in [-0.25, -0.2) is 9.59 Å². The monoisotopic (exact) mass is 369 g/mol. The number of para-hydroxylation sites is 1. The van der Waals surface area contributed by atoms with E-state index in [-0.39, 0.29) is 6.54 Å². The molecule has 0 bridgehead atoms. The fourth-order valence-electron chi connectivity index (χ4n) is 2.73. The maximum absolute atomic E-state index is 12.8. The van der Waals surface area contributed by atoms with Crippen molar-refractivity contribution in [1.29, 1.82) is 0 Å². The topological polar surface area (TPSA) is 88.2 Å². The number of carbonyl (C=O) groups excluding carboxylic acids is 3. The Balaban J connectivity index is 1.84. The van der Waals surface area contributed by atoms with Gasteiger partial charge in [0.25, 0.3) is 5.91 Å². The van der Waals surface area contributed by atoms with Crippen LogP contribution in [0.2, 0.25) is 0 Å². The van der Waals surface area contributed by atoms with Gasteiger partial charge < -0.3 is 10.1 Å². The Bertz CT molecular complexity index is 813. The molecule has 0 aromatic heterocycles. The van der Waals surface area contributed by atoms with Gasteiger partial charge in [-0.05, 0) is 17.7 Å². The predicted octanol–water partition coefficient (Wildman–Crippen LogP) is 2.17. The minimum atomic E-state index is -0.799. The summed E-state index contributed by atoms with van der Waals surface area (Å²) in [5.74, 6) is -1.06. The van der Waals surface area contributed by atoms with E-state index in [1.807, 2.05) is 12.1 Å². The van der Waals surface area contributed by atoms with Gasteiger partial charge in [0.05, 0.1) is 7.11 Å². The van der Waals surface area contributed by atoms with Crippen LogP contribution in [0.4, 0.5) is 10.5 Å². The molecule has 0 spiro atoms. The Kier molecular flexibility index (Phi) is 5.68. The van der Waals surface area contributed by atoms with Crippen molar-refractivity contribution in [2.45, 2.75) is 6.17 Å². The second-order valence-corrected chi connectivity index (χ2v) is 5.78. The molecule has 140 valence electrons. The Morgan fingerprint density at radius 2 is 1.70 bits per heavy atom. The summed E-state index contributed by atoms with van der Waals surface area (Å²) in [4.78, 5) is 43.3. The summed E-state index contributed by atoms with van der Waals surface area (Å²) < 4.78 is 4.54. The molecule has 0 radical (unpaired) electrons. The summed E-state index contributed by atoms with van der Waals surface area (Å²) in [5, 5.41) is 3.80. The predicted molar refractivity (Wildman–Crippen MR) is 96.2 cm³/mol. The highest BCUT2D eigenvalue weighted by Crippen LogP contribution is 2.31. The first kappa shape index (κ1) is 18.4. The van der Waals surface area contributed by atoms with Crippen LogP contribution in [-0.2, 0) is 19.2 Å². The number of nitrogens with zero attached hydrogens (tertiary/aromatic N) is 2. The number of methoxy groups -OCH3 is 1. The minimum Gasteiger partial charge on any atom is -0.467 e. The lowest BCUT2D eigenvalue weighted by molar-refractivity contribution is -0.202. The van der Waals surface area contributed by atoms with Crippen LogP contribution in [0.1, 0.15) is 11.7 Å². The van der Waals surface area contributed by atoms with Gasteiger partial charge in [0.15, 0.2) is 12.8 Å². The molecule has 1 aliphatic heterocycles. The first-order chi connectivity index (χ1) is 13.1. The number of nitrogens with one attached hydrogen (secondary N) is 1. The summed E-state index contributed by atoms with van der Waals surface area (Å²) in [6.45, 7) is -0.612. The highest BCUT2D eigenvalue weighted by molar-refractivity contribution is 5.94. The van der Waals surface area contributed by atoms with Crippen molar-refractivity contribution in [2.75, 3.05) is 25.6 Å². The van der Waals surface area contributed by atoms with Crippen molar-refractivity contribution in [1.82, 2.24) is 9.96 Å². The lowest BCUT2D eigenvalue weighted by atomic mass is 10.1. The number of hydrogen-bond donors (Lipinski definition) is 1. The molecule has 1 saturated heterocycles. The average molecular weight is 369 g/mol. The smallest absolute Gasteiger partial charge is 0.334 e. The van der Waals surface area contributed by atoms with Crippen molar-refractivity contribution >= 4 is 23.6 Å². The van der Waals surface area contributed by atoms with Crippen molar-refractivity contribution in [3.8, 4) is 0 Å². The molecular weight excluding hydrogens is 350 g/mol. The van der Waals surface area contributed by atoms with E-state index in [0.29, 0.717) is 11.3 Å². The molecule has 0 aliphatic carbocycles. The largest absolute Gasteiger partial charge is 0.467 e. The van der Waals surface area contributed by atoms with E-state index in [1.54, 1.807) is 48.5 Å².